The lowest BCUT2D eigenvalue weighted by molar-refractivity contribution is 0.611. The summed E-state index contributed by atoms with van der Waals surface area (Å²) in [5.41, 5.74) is 1.67. The Morgan fingerprint density at radius 1 is 1.16 bits per heavy atom. The highest BCUT2D eigenvalue weighted by Gasteiger charge is 2.29. The molecule has 2 atom stereocenters. The van der Waals surface area contributed by atoms with Crippen molar-refractivity contribution in [1.29, 1.82) is 0 Å². The van der Waals surface area contributed by atoms with E-state index in [4.69, 9.17) is 0 Å². The van der Waals surface area contributed by atoms with E-state index in [-0.39, 0.29) is 0 Å². The standard InChI is InChI=1S/C10H20.C9H12/c1-3-5-7-9-10-8-6-4-2;1-2-8-5-7-3-4-9(8)6-7/h3H,1,4-10H2,2H3;2-4,7,9H,5-6H2,1H3. The minimum atomic E-state index is 0.833. The van der Waals surface area contributed by atoms with Crippen molar-refractivity contribution in [3.8, 4) is 0 Å². The van der Waals surface area contributed by atoms with E-state index in [1.807, 2.05) is 6.08 Å². The molecule has 0 N–H and O–H groups in total. The predicted molar refractivity (Wildman–Crippen MR) is 87.3 cm³/mol. The maximum absolute atomic E-state index is 3.69. The molecule has 2 aliphatic carbocycles. The highest BCUT2D eigenvalue weighted by atomic mass is 14.3. The fourth-order valence-corrected chi connectivity index (χ4v) is 3.06. The molecule has 2 rings (SSSR count). The molecule has 0 heterocycles. The summed E-state index contributed by atoms with van der Waals surface area (Å²) in [5.74, 6) is 1.74. The van der Waals surface area contributed by atoms with Crippen molar-refractivity contribution in [2.24, 2.45) is 11.8 Å². The Kier molecular flexibility index (Phi) is 8.62. The van der Waals surface area contributed by atoms with Crippen molar-refractivity contribution in [3.05, 3.63) is 36.5 Å². The van der Waals surface area contributed by atoms with Crippen molar-refractivity contribution < 1.29 is 0 Å². The zero-order valence-corrected chi connectivity index (χ0v) is 13.0. The van der Waals surface area contributed by atoms with Crippen LogP contribution in [0, 0.1) is 11.8 Å². The molecule has 0 aliphatic heterocycles. The van der Waals surface area contributed by atoms with Crippen molar-refractivity contribution >= 4 is 0 Å². The van der Waals surface area contributed by atoms with Crippen LogP contribution in [-0.2, 0) is 0 Å². The van der Waals surface area contributed by atoms with Gasteiger partial charge in [-0.3, -0.25) is 0 Å². The van der Waals surface area contributed by atoms with Crippen LogP contribution in [-0.4, -0.2) is 0 Å². The molecule has 0 amide bonds. The molecular weight excluding hydrogens is 228 g/mol. The molecule has 0 spiro atoms. The number of allylic oxidation sites excluding steroid dienone is 5. The Labute approximate surface area is 120 Å². The summed E-state index contributed by atoms with van der Waals surface area (Å²) in [6, 6.07) is 0. The molecule has 19 heavy (non-hydrogen) atoms. The van der Waals surface area contributed by atoms with Crippen molar-refractivity contribution in [3.63, 3.8) is 0 Å². The lowest BCUT2D eigenvalue weighted by Gasteiger charge is -2.05. The van der Waals surface area contributed by atoms with E-state index in [1.54, 1.807) is 5.57 Å². The summed E-state index contributed by atoms with van der Waals surface area (Å²) < 4.78 is 0. The van der Waals surface area contributed by atoms with E-state index in [1.165, 1.54) is 57.8 Å². The molecule has 0 saturated heterocycles. The Morgan fingerprint density at radius 2 is 1.89 bits per heavy atom. The molecule has 0 radical (unpaired) electrons. The number of hydrogen-bond acceptors (Lipinski definition) is 0. The van der Waals surface area contributed by atoms with E-state index in [2.05, 4.69) is 38.7 Å². The maximum atomic E-state index is 3.69. The summed E-state index contributed by atoms with van der Waals surface area (Å²) in [5, 5.41) is 0. The topological polar surface area (TPSA) is 0 Å². The molecule has 0 aromatic carbocycles. The first-order valence-electron chi connectivity index (χ1n) is 8.26. The summed E-state index contributed by atoms with van der Waals surface area (Å²) in [4.78, 5) is 0. The molecule has 2 unspecified atom stereocenters. The van der Waals surface area contributed by atoms with Crippen molar-refractivity contribution in [1.82, 2.24) is 0 Å². The molecule has 0 aromatic rings. The van der Waals surface area contributed by atoms with Gasteiger partial charge in [0.15, 0.2) is 0 Å². The van der Waals surface area contributed by atoms with Crippen molar-refractivity contribution in [2.75, 3.05) is 0 Å². The van der Waals surface area contributed by atoms with Gasteiger partial charge in [-0.15, -0.1) is 6.58 Å². The minimum absolute atomic E-state index is 0.833. The monoisotopic (exact) mass is 260 g/mol. The molecule has 0 aromatic heterocycles. The summed E-state index contributed by atoms with van der Waals surface area (Å²) >= 11 is 0. The average molecular weight is 260 g/mol. The highest BCUT2D eigenvalue weighted by Crippen LogP contribution is 2.42. The second-order valence-corrected chi connectivity index (χ2v) is 5.90. The summed E-state index contributed by atoms with van der Waals surface area (Å²) in [6.45, 7) is 8.10. The molecule has 1 fully saturated rings. The minimum Gasteiger partial charge on any atom is -0.103 e. The Morgan fingerprint density at radius 3 is 2.37 bits per heavy atom. The van der Waals surface area contributed by atoms with E-state index in [0.29, 0.717) is 0 Å². The van der Waals surface area contributed by atoms with Gasteiger partial charge in [-0.1, -0.05) is 68.9 Å². The maximum Gasteiger partial charge on any atom is -0.00174 e. The molecule has 108 valence electrons. The number of rotatable bonds is 7. The molecule has 2 aliphatic rings. The number of hydrogen-bond donors (Lipinski definition) is 0. The lowest BCUT2D eigenvalue weighted by Crippen LogP contribution is -1.90. The quantitative estimate of drug-likeness (QED) is 0.364. The number of fused-ring (bicyclic) bond motifs is 2. The second kappa shape index (κ2) is 10.1. The third-order valence-corrected chi connectivity index (χ3v) is 4.28. The van der Waals surface area contributed by atoms with Crippen LogP contribution in [0.1, 0.15) is 71.6 Å². The van der Waals surface area contributed by atoms with Gasteiger partial charge >= 0.3 is 0 Å². The molecule has 2 bridgehead atoms. The largest absolute Gasteiger partial charge is 0.103 e. The fourth-order valence-electron chi connectivity index (χ4n) is 3.06. The first-order chi connectivity index (χ1) is 9.31. The first-order valence-corrected chi connectivity index (χ1v) is 8.26. The van der Waals surface area contributed by atoms with Gasteiger partial charge in [-0.05, 0) is 44.4 Å². The van der Waals surface area contributed by atoms with E-state index in [9.17, 15) is 0 Å². The SMILES string of the molecule is C=CCCCCCCCC.CC=C1CC2C=CC1C2. The molecule has 0 heteroatoms. The van der Waals surface area contributed by atoms with Gasteiger partial charge in [0.05, 0.1) is 0 Å². The fraction of sp³-hybridized carbons (Fsp3) is 0.684. The van der Waals surface area contributed by atoms with E-state index in [0.717, 1.165) is 11.8 Å². The van der Waals surface area contributed by atoms with Crippen LogP contribution in [0.4, 0.5) is 0 Å². The second-order valence-electron chi connectivity index (χ2n) is 5.90. The van der Waals surface area contributed by atoms with Crippen LogP contribution < -0.4 is 0 Å². The summed E-state index contributed by atoms with van der Waals surface area (Å²) in [6.07, 6.45) is 21.3. The van der Waals surface area contributed by atoms with Crippen LogP contribution in [0.2, 0.25) is 0 Å². The van der Waals surface area contributed by atoms with Gasteiger partial charge in [0.2, 0.25) is 0 Å². The Hall–Kier alpha value is -0.780. The summed E-state index contributed by atoms with van der Waals surface area (Å²) in [7, 11) is 0. The Bertz CT molecular complexity index is 295. The van der Waals surface area contributed by atoms with Crippen LogP contribution >= 0.6 is 0 Å². The van der Waals surface area contributed by atoms with Crippen LogP contribution in [0.15, 0.2) is 36.5 Å². The van der Waals surface area contributed by atoms with E-state index < -0.39 is 0 Å². The normalized spacial score (nSPS) is 25.5. The van der Waals surface area contributed by atoms with Gasteiger partial charge in [0.25, 0.3) is 0 Å². The lowest BCUT2D eigenvalue weighted by atomic mass is 10.0. The van der Waals surface area contributed by atoms with Gasteiger partial charge in [-0.2, -0.15) is 0 Å². The third kappa shape index (κ3) is 6.27. The highest BCUT2D eigenvalue weighted by molar-refractivity contribution is 5.26. The van der Waals surface area contributed by atoms with Gasteiger partial charge < -0.3 is 0 Å². The van der Waals surface area contributed by atoms with Gasteiger partial charge in [-0.25, -0.2) is 0 Å². The van der Waals surface area contributed by atoms with Gasteiger partial charge in [0, 0.05) is 0 Å². The van der Waals surface area contributed by atoms with E-state index >= 15 is 0 Å². The first kappa shape index (κ1) is 16.3. The van der Waals surface area contributed by atoms with Crippen LogP contribution in [0.25, 0.3) is 0 Å². The molecule has 0 nitrogen and oxygen atoms in total. The predicted octanol–water partition coefficient (Wildman–Crippen LogP) is 6.45. The zero-order chi connectivity index (χ0) is 13.9. The molecular formula is C19H32. The van der Waals surface area contributed by atoms with Crippen LogP contribution in [0.3, 0.4) is 0 Å². The third-order valence-electron chi connectivity index (χ3n) is 4.28. The van der Waals surface area contributed by atoms with Gasteiger partial charge in [0.1, 0.15) is 0 Å². The average Bonchev–Trinajstić information content (AvgIpc) is 3.06. The smallest absolute Gasteiger partial charge is 0.00174 e. The van der Waals surface area contributed by atoms with Crippen molar-refractivity contribution in [2.45, 2.75) is 71.6 Å². The molecule has 1 saturated carbocycles. The Balaban J connectivity index is 0.000000190. The van der Waals surface area contributed by atoms with Crippen LogP contribution in [0.5, 0.6) is 0 Å². The number of unbranched alkanes of at least 4 members (excludes halogenated alkanes) is 6. The zero-order valence-electron chi connectivity index (χ0n) is 13.0.